The van der Waals surface area contributed by atoms with Crippen molar-refractivity contribution in [2.75, 3.05) is 27.3 Å². The van der Waals surface area contributed by atoms with Crippen LogP contribution in [0.5, 0.6) is 0 Å². The molecule has 0 saturated carbocycles. The second-order valence-electron chi connectivity index (χ2n) is 15.0. The summed E-state index contributed by atoms with van der Waals surface area (Å²) in [7, 11) is 2.58. The van der Waals surface area contributed by atoms with Crippen LogP contribution in [0.3, 0.4) is 0 Å². The average Bonchev–Trinajstić information content (AvgIpc) is 4.04. The second-order valence-corrected chi connectivity index (χ2v) is 15.0. The zero-order valence-corrected chi connectivity index (χ0v) is 32.6. The number of methoxy groups -OCH3 is 2. The molecule has 2 aromatic heterocycles. The van der Waals surface area contributed by atoms with Gasteiger partial charge >= 0.3 is 12.2 Å². The molecule has 4 aromatic rings. The zero-order valence-electron chi connectivity index (χ0n) is 32.6. The summed E-state index contributed by atoms with van der Waals surface area (Å²) < 4.78 is 9.51. The summed E-state index contributed by atoms with van der Waals surface area (Å²) in [6.45, 7) is 8.16. The minimum atomic E-state index is -0.689. The number of alkyl carbamates (subject to hydrolysis) is 2. The fourth-order valence-corrected chi connectivity index (χ4v) is 8.15. The fourth-order valence-electron chi connectivity index (χ4n) is 8.15. The Morgan fingerprint density at radius 3 is 2.14 bits per heavy atom. The molecule has 15 nitrogen and oxygen atoms in total. The number of ether oxygens (including phenoxy) is 2. The number of rotatable bonds is 10. The maximum atomic E-state index is 13.6. The van der Waals surface area contributed by atoms with E-state index in [2.05, 4.69) is 68.4 Å². The summed E-state index contributed by atoms with van der Waals surface area (Å²) in [6.07, 6.45) is 4.29. The lowest BCUT2D eigenvalue weighted by Crippen LogP contribution is -2.51. The molecule has 3 aliphatic rings. The number of carbonyl (C=O) groups is 4. The minimum Gasteiger partial charge on any atom is -0.453 e. The van der Waals surface area contributed by atoms with Gasteiger partial charge in [0, 0.05) is 31.7 Å². The highest BCUT2D eigenvalue weighted by molar-refractivity contribution is 5.87. The van der Waals surface area contributed by atoms with E-state index in [0.29, 0.717) is 32.6 Å². The van der Waals surface area contributed by atoms with Crippen LogP contribution >= 0.6 is 0 Å². The van der Waals surface area contributed by atoms with Crippen LogP contribution in [-0.2, 0) is 32.2 Å². The Morgan fingerprint density at radius 2 is 1.46 bits per heavy atom. The summed E-state index contributed by atoms with van der Waals surface area (Å²) in [6, 6.07) is 13.0. The van der Waals surface area contributed by atoms with E-state index in [1.54, 1.807) is 0 Å². The first-order valence-corrected chi connectivity index (χ1v) is 19.5. The molecular weight excluding hydrogens is 715 g/mol. The first-order valence-electron chi connectivity index (χ1n) is 19.5. The topological polar surface area (TPSA) is 187 Å². The maximum absolute atomic E-state index is 13.6. The van der Waals surface area contributed by atoms with Crippen molar-refractivity contribution < 1.29 is 28.7 Å². The number of benzene rings is 2. The van der Waals surface area contributed by atoms with Crippen LogP contribution in [-0.4, -0.2) is 93.1 Å². The number of aromatic nitrogens is 4. The van der Waals surface area contributed by atoms with E-state index in [4.69, 9.17) is 19.4 Å². The number of aromatic amines is 2. The van der Waals surface area contributed by atoms with Gasteiger partial charge in [-0.3, -0.25) is 9.59 Å². The van der Waals surface area contributed by atoms with Crippen LogP contribution in [0.2, 0.25) is 0 Å². The van der Waals surface area contributed by atoms with Gasteiger partial charge < -0.3 is 45.2 Å². The standard InChI is InChI=1S/C41H51N9O6/c1-6-29(46-40(53)55-4)38(51)49-17-8-10-33(49)37-45-31-21-42-20-27-19-26(15-16-28(27)35(31)47-37)24-11-13-25(14-12-24)30-22-43-36(44-30)32-9-7-18-50(32)39(52)34(23(2)3)48-41(54)56-5/h11-16,19,22-23,29,32-34,42H,6-10,17-18,20-21H2,1-5H3,(H,43,44)(H,45,47)(H,46,53)(H,48,54)/t29-,32-,33-,34-/m0/s1. The van der Waals surface area contributed by atoms with Gasteiger partial charge in [-0.1, -0.05) is 57.2 Å². The van der Waals surface area contributed by atoms with Crippen LogP contribution in [0, 0.1) is 5.92 Å². The predicted molar refractivity (Wildman–Crippen MR) is 209 cm³/mol. The molecule has 3 aliphatic heterocycles. The highest BCUT2D eigenvalue weighted by atomic mass is 16.5. The van der Waals surface area contributed by atoms with Crippen LogP contribution in [0.15, 0.2) is 48.7 Å². The summed E-state index contributed by atoms with van der Waals surface area (Å²) in [5, 5.41) is 8.92. The number of H-pyrrole nitrogens is 2. The first kappa shape index (κ1) is 38.6. The van der Waals surface area contributed by atoms with Gasteiger partial charge in [0.15, 0.2) is 0 Å². The number of nitrogens with zero attached hydrogens (tertiary/aromatic N) is 4. The summed E-state index contributed by atoms with van der Waals surface area (Å²) in [4.78, 5) is 71.4. The Bertz CT molecular complexity index is 2070. The Kier molecular flexibility index (Phi) is 11.4. The van der Waals surface area contributed by atoms with Gasteiger partial charge in [-0.25, -0.2) is 19.6 Å². The second kappa shape index (κ2) is 16.6. The van der Waals surface area contributed by atoms with E-state index >= 15 is 0 Å². The van der Waals surface area contributed by atoms with E-state index in [1.165, 1.54) is 14.2 Å². The van der Waals surface area contributed by atoms with Gasteiger partial charge in [-0.2, -0.15) is 0 Å². The average molecular weight is 766 g/mol. The molecule has 0 unspecified atom stereocenters. The Morgan fingerprint density at radius 1 is 0.821 bits per heavy atom. The fraction of sp³-hybridized carbons (Fsp3) is 0.463. The highest BCUT2D eigenvalue weighted by Gasteiger charge is 2.38. The molecule has 4 amide bonds. The summed E-state index contributed by atoms with van der Waals surface area (Å²) in [5.74, 6) is 1.10. The molecule has 0 aliphatic carbocycles. The largest absolute Gasteiger partial charge is 0.453 e. The number of fused-ring (bicyclic) bond motifs is 3. The smallest absolute Gasteiger partial charge is 0.407 e. The first-order chi connectivity index (χ1) is 27.1. The van der Waals surface area contributed by atoms with Crippen LogP contribution in [0.4, 0.5) is 9.59 Å². The number of likely N-dealkylation sites (tertiary alicyclic amines) is 2. The number of nitrogens with one attached hydrogen (secondary N) is 5. The maximum Gasteiger partial charge on any atom is 0.407 e. The van der Waals surface area contributed by atoms with Gasteiger partial charge in [0.1, 0.15) is 23.7 Å². The van der Waals surface area contributed by atoms with Crippen molar-refractivity contribution in [2.45, 2.75) is 90.1 Å². The van der Waals surface area contributed by atoms with Gasteiger partial charge in [-0.05, 0) is 66.3 Å². The zero-order chi connectivity index (χ0) is 39.5. The van der Waals surface area contributed by atoms with E-state index in [-0.39, 0.29) is 29.8 Å². The van der Waals surface area contributed by atoms with Crippen molar-refractivity contribution in [2.24, 2.45) is 5.92 Å². The van der Waals surface area contributed by atoms with E-state index in [9.17, 15) is 19.2 Å². The quantitative estimate of drug-likeness (QED) is 0.137. The molecule has 0 radical (unpaired) electrons. The summed E-state index contributed by atoms with van der Waals surface area (Å²) >= 11 is 0. The monoisotopic (exact) mass is 765 g/mol. The molecule has 56 heavy (non-hydrogen) atoms. The molecule has 296 valence electrons. The van der Waals surface area contributed by atoms with E-state index in [1.807, 2.05) is 36.8 Å². The van der Waals surface area contributed by atoms with Crippen molar-refractivity contribution in [3.8, 4) is 33.6 Å². The molecule has 2 fully saturated rings. The number of amides is 4. The molecular formula is C41H51N9O6. The van der Waals surface area contributed by atoms with Gasteiger partial charge in [0.2, 0.25) is 11.8 Å². The predicted octanol–water partition coefficient (Wildman–Crippen LogP) is 5.58. The lowest BCUT2D eigenvalue weighted by molar-refractivity contribution is -0.135. The number of carbonyl (C=O) groups excluding carboxylic acids is 4. The third-order valence-electron chi connectivity index (χ3n) is 11.2. The van der Waals surface area contributed by atoms with Crippen LogP contribution in [0.25, 0.3) is 33.6 Å². The lowest BCUT2D eigenvalue weighted by atomic mass is 9.96. The SMILES string of the molecule is CC[C@H](NC(=O)OC)C(=O)N1CCC[C@H]1c1nc2c([nH]1)CNCc1cc(-c3ccc(-c4cnc([C@@H]5CCCN5C(=O)[C@@H](NC(=O)OC)C(C)C)[nH]4)cc3)ccc1-2. The highest BCUT2D eigenvalue weighted by Crippen LogP contribution is 2.37. The van der Waals surface area contributed by atoms with E-state index < -0.39 is 24.3 Å². The molecule has 2 aromatic carbocycles. The van der Waals surface area contributed by atoms with Crippen molar-refractivity contribution in [1.29, 1.82) is 0 Å². The minimum absolute atomic E-state index is 0.106. The molecule has 7 rings (SSSR count). The Balaban J connectivity index is 1.06. The van der Waals surface area contributed by atoms with Crippen LogP contribution in [0.1, 0.15) is 87.9 Å². The molecule has 4 atom stereocenters. The van der Waals surface area contributed by atoms with Crippen molar-refractivity contribution in [3.05, 3.63) is 71.6 Å². The van der Waals surface area contributed by atoms with Crippen molar-refractivity contribution in [3.63, 3.8) is 0 Å². The molecule has 2 saturated heterocycles. The molecule has 0 bridgehead atoms. The Hall–Kier alpha value is -5.70. The Labute approximate surface area is 326 Å². The van der Waals surface area contributed by atoms with E-state index in [0.717, 1.165) is 82.2 Å². The van der Waals surface area contributed by atoms with Crippen molar-refractivity contribution in [1.82, 2.24) is 45.7 Å². The van der Waals surface area contributed by atoms with Crippen LogP contribution < -0.4 is 16.0 Å². The van der Waals surface area contributed by atoms with Gasteiger partial charge in [0.25, 0.3) is 0 Å². The van der Waals surface area contributed by atoms with Gasteiger partial charge in [0.05, 0.1) is 49.6 Å². The summed E-state index contributed by atoms with van der Waals surface area (Å²) in [5.41, 5.74) is 8.04. The molecule has 5 N–H and O–H groups in total. The normalized spacial score (nSPS) is 18.8. The molecule has 0 spiro atoms. The number of imidazole rings is 2. The number of hydrogen-bond donors (Lipinski definition) is 5. The molecule has 15 heteroatoms. The van der Waals surface area contributed by atoms with Gasteiger partial charge in [-0.15, -0.1) is 0 Å². The third kappa shape index (κ3) is 7.72. The number of hydrogen-bond acceptors (Lipinski definition) is 9. The third-order valence-corrected chi connectivity index (χ3v) is 11.2. The van der Waals surface area contributed by atoms with Crippen molar-refractivity contribution >= 4 is 24.0 Å². The lowest BCUT2D eigenvalue weighted by Gasteiger charge is -2.30. The molecule has 5 heterocycles.